The first kappa shape index (κ1) is 10.0. The van der Waals surface area contributed by atoms with Gasteiger partial charge >= 0.3 is 0 Å². The minimum absolute atomic E-state index is 0.623. The number of nitrogens with zero attached hydrogens (tertiary/aromatic N) is 2. The van der Waals surface area contributed by atoms with E-state index in [1.54, 1.807) is 0 Å². The number of nitrogens with two attached hydrogens (primary N) is 1. The van der Waals surface area contributed by atoms with Crippen LogP contribution < -0.4 is 5.73 Å². The number of hydrazone groups is 1. The van der Waals surface area contributed by atoms with Crippen molar-refractivity contribution in [2.75, 3.05) is 13.1 Å². The molecular formula is C12H17N3. The van der Waals surface area contributed by atoms with Crippen LogP contribution in [0.3, 0.4) is 0 Å². The summed E-state index contributed by atoms with van der Waals surface area (Å²) in [6.45, 7) is 2.07. The van der Waals surface area contributed by atoms with Gasteiger partial charge in [-0.3, -0.25) is 5.01 Å². The summed E-state index contributed by atoms with van der Waals surface area (Å²) in [6, 6.07) is 9.92. The van der Waals surface area contributed by atoms with Crippen molar-refractivity contribution in [2.24, 2.45) is 10.8 Å². The molecule has 0 aromatic heterocycles. The minimum atomic E-state index is 0.623. The highest BCUT2D eigenvalue weighted by Gasteiger charge is 2.08. The van der Waals surface area contributed by atoms with Crippen LogP contribution in [0.1, 0.15) is 24.8 Å². The summed E-state index contributed by atoms with van der Waals surface area (Å²) in [5.74, 6) is 0.623. The van der Waals surface area contributed by atoms with Crippen LogP contribution in [0.25, 0.3) is 0 Å². The van der Waals surface area contributed by atoms with Crippen molar-refractivity contribution < 1.29 is 0 Å². The van der Waals surface area contributed by atoms with E-state index in [0.29, 0.717) is 5.84 Å². The van der Waals surface area contributed by atoms with Gasteiger partial charge in [0, 0.05) is 18.7 Å². The number of piperidine rings is 1. The highest BCUT2D eigenvalue weighted by atomic mass is 15.5. The lowest BCUT2D eigenvalue weighted by molar-refractivity contribution is 0.239. The van der Waals surface area contributed by atoms with Crippen LogP contribution in [0.15, 0.2) is 35.4 Å². The molecular weight excluding hydrogens is 186 g/mol. The quantitative estimate of drug-likeness (QED) is 0.588. The van der Waals surface area contributed by atoms with Gasteiger partial charge in [0.2, 0.25) is 0 Å². The Balaban J connectivity index is 2.06. The van der Waals surface area contributed by atoms with Crippen molar-refractivity contribution in [3.05, 3.63) is 35.9 Å². The Hall–Kier alpha value is -1.51. The lowest BCUT2D eigenvalue weighted by Gasteiger charge is -2.24. The summed E-state index contributed by atoms with van der Waals surface area (Å²) < 4.78 is 0. The standard InChI is InChI=1S/C12H17N3/c13-12(11-7-3-1-4-8-11)14-15-9-5-2-6-10-15/h1,3-4,7-8H,2,5-6,9-10H2,(H2,13,14). The molecule has 0 saturated carbocycles. The average molecular weight is 203 g/mol. The SMILES string of the molecule is N/C(=N\N1CCCCC1)c1ccccc1. The van der Waals surface area contributed by atoms with E-state index < -0.39 is 0 Å². The molecule has 1 aliphatic rings. The summed E-state index contributed by atoms with van der Waals surface area (Å²) in [6.07, 6.45) is 3.77. The molecule has 1 fully saturated rings. The van der Waals surface area contributed by atoms with Gasteiger partial charge in [-0.2, -0.15) is 5.10 Å². The maximum Gasteiger partial charge on any atom is 0.150 e. The highest BCUT2D eigenvalue weighted by Crippen LogP contribution is 2.09. The Bertz CT molecular complexity index is 326. The molecule has 2 rings (SSSR count). The van der Waals surface area contributed by atoms with E-state index in [9.17, 15) is 0 Å². The van der Waals surface area contributed by atoms with Crippen molar-refractivity contribution in [2.45, 2.75) is 19.3 Å². The minimum Gasteiger partial charge on any atom is -0.382 e. The zero-order valence-electron chi connectivity index (χ0n) is 8.89. The van der Waals surface area contributed by atoms with Crippen molar-refractivity contribution in [3.8, 4) is 0 Å². The molecule has 0 atom stereocenters. The first-order valence-electron chi connectivity index (χ1n) is 5.51. The molecule has 1 aromatic rings. The summed E-state index contributed by atoms with van der Waals surface area (Å²) in [7, 11) is 0. The third-order valence-electron chi connectivity index (χ3n) is 2.65. The molecule has 3 nitrogen and oxygen atoms in total. The summed E-state index contributed by atoms with van der Waals surface area (Å²) >= 11 is 0. The summed E-state index contributed by atoms with van der Waals surface area (Å²) in [5.41, 5.74) is 6.94. The number of hydrogen-bond donors (Lipinski definition) is 1. The van der Waals surface area contributed by atoms with Crippen LogP contribution in [0, 0.1) is 0 Å². The first-order valence-corrected chi connectivity index (χ1v) is 5.51. The topological polar surface area (TPSA) is 41.6 Å². The van der Waals surface area contributed by atoms with Crippen LogP contribution in [0.2, 0.25) is 0 Å². The smallest absolute Gasteiger partial charge is 0.150 e. The van der Waals surface area contributed by atoms with Gasteiger partial charge < -0.3 is 5.73 Å². The molecule has 1 aromatic carbocycles. The zero-order chi connectivity index (χ0) is 10.5. The van der Waals surface area contributed by atoms with Crippen LogP contribution in [0.4, 0.5) is 0 Å². The lowest BCUT2D eigenvalue weighted by Crippen LogP contribution is -2.28. The third-order valence-corrected chi connectivity index (χ3v) is 2.65. The van der Waals surface area contributed by atoms with Gasteiger partial charge in [0.1, 0.15) is 0 Å². The average Bonchev–Trinajstić information content (AvgIpc) is 2.31. The fourth-order valence-corrected chi connectivity index (χ4v) is 1.80. The van der Waals surface area contributed by atoms with E-state index >= 15 is 0 Å². The largest absolute Gasteiger partial charge is 0.382 e. The molecule has 0 bridgehead atoms. The second-order valence-electron chi connectivity index (χ2n) is 3.87. The number of amidine groups is 1. The Labute approximate surface area is 90.6 Å². The van der Waals surface area contributed by atoms with Gasteiger partial charge in [0.25, 0.3) is 0 Å². The molecule has 0 aliphatic carbocycles. The van der Waals surface area contributed by atoms with Crippen LogP contribution >= 0.6 is 0 Å². The van der Waals surface area contributed by atoms with Gasteiger partial charge in [-0.25, -0.2) is 0 Å². The Morgan fingerprint density at radius 2 is 1.73 bits per heavy atom. The Morgan fingerprint density at radius 1 is 1.07 bits per heavy atom. The van der Waals surface area contributed by atoms with Crippen molar-refractivity contribution in [3.63, 3.8) is 0 Å². The maximum atomic E-state index is 5.93. The van der Waals surface area contributed by atoms with E-state index in [4.69, 9.17) is 5.73 Å². The molecule has 1 saturated heterocycles. The molecule has 1 heterocycles. The highest BCUT2D eigenvalue weighted by molar-refractivity contribution is 5.97. The first-order chi connectivity index (χ1) is 7.36. The summed E-state index contributed by atoms with van der Waals surface area (Å²) in [4.78, 5) is 0. The molecule has 15 heavy (non-hydrogen) atoms. The van der Waals surface area contributed by atoms with Crippen LogP contribution in [0.5, 0.6) is 0 Å². The monoisotopic (exact) mass is 203 g/mol. The number of benzene rings is 1. The van der Waals surface area contributed by atoms with E-state index in [0.717, 1.165) is 18.7 Å². The molecule has 1 aliphatic heterocycles. The predicted molar refractivity (Wildman–Crippen MR) is 62.6 cm³/mol. The van der Waals surface area contributed by atoms with Crippen molar-refractivity contribution >= 4 is 5.84 Å². The van der Waals surface area contributed by atoms with Gasteiger partial charge in [0.05, 0.1) is 0 Å². The molecule has 0 radical (unpaired) electrons. The molecule has 0 spiro atoms. The normalized spacial score (nSPS) is 17.9. The second kappa shape index (κ2) is 4.82. The van der Waals surface area contributed by atoms with Gasteiger partial charge in [-0.05, 0) is 19.3 Å². The molecule has 80 valence electrons. The van der Waals surface area contributed by atoms with Gasteiger partial charge in [-0.15, -0.1) is 0 Å². The van der Waals surface area contributed by atoms with E-state index in [1.165, 1.54) is 19.3 Å². The van der Waals surface area contributed by atoms with Gasteiger partial charge in [-0.1, -0.05) is 30.3 Å². The molecule has 2 N–H and O–H groups in total. The summed E-state index contributed by atoms with van der Waals surface area (Å²) in [5, 5.41) is 6.51. The second-order valence-corrected chi connectivity index (χ2v) is 3.87. The maximum absolute atomic E-state index is 5.93. The van der Waals surface area contributed by atoms with Crippen molar-refractivity contribution in [1.29, 1.82) is 0 Å². The number of rotatable bonds is 2. The fourth-order valence-electron chi connectivity index (χ4n) is 1.80. The van der Waals surface area contributed by atoms with E-state index in [1.807, 2.05) is 30.3 Å². The van der Waals surface area contributed by atoms with E-state index in [2.05, 4.69) is 10.1 Å². The molecule has 0 unspecified atom stereocenters. The third kappa shape index (κ3) is 2.72. The zero-order valence-corrected chi connectivity index (χ0v) is 8.89. The number of hydrogen-bond acceptors (Lipinski definition) is 2. The van der Waals surface area contributed by atoms with Crippen LogP contribution in [-0.4, -0.2) is 23.9 Å². The molecule has 3 heteroatoms. The molecule has 0 amide bonds. The van der Waals surface area contributed by atoms with E-state index in [-0.39, 0.29) is 0 Å². The van der Waals surface area contributed by atoms with Crippen molar-refractivity contribution in [1.82, 2.24) is 5.01 Å². The lowest BCUT2D eigenvalue weighted by atomic mass is 10.2. The Kier molecular flexibility index (Phi) is 3.22. The van der Waals surface area contributed by atoms with Crippen LogP contribution in [-0.2, 0) is 0 Å². The predicted octanol–water partition coefficient (Wildman–Crippen LogP) is 1.79. The van der Waals surface area contributed by atoms with Gasteiger partial charge in [0.15, 0.2) is 5.84 Å². The fraction of sp³-hybridized carbons (Fsp3) is 0.417. The Morgan fingerprint density at radius 3 is 2.40 bits per heavy atom.